The van der Waals surface area contributed by atoms with Crippen molar-refractivity contribution in [2.24, 2.45) is 5.10 Å². The van der Waals surface area contributed by atoms with E-state index in [1.165, 1.54) is 18.2 Å². The van der Waals surface area contributed by atoms with Crippen LogP contribution in [0.3, 0.4) is 0 Å². The molecule has 1 aromatic rings. The van der Waals surface area contributed by atoms with E-state index in [-0.39, 0.29) is 10.2 Å². The summed E-state index contributed by atoms with van der Waals surface area (Å²) in [6.07, 6.45) is 0. The van der Waals surface area contributed by atoms with E-state index in [1.54, 1.807) is 12.1 Å². The number of hydrogen-bond donors (Lipinski definition) is 1. The predicted octanol–water partition coefficient (Wildman–Crippen LogP) is 2.40. The largest absolute Gasteiger partial charge is 0.276 e. The minimum Gasteiger partial charge on any atom is -0.276 e. The van der Waals surface area contributed by atoms with Gasteiger partial charge in [-0.15, -0.1) is 0 Å². The molecule has 4 nitrogen and oxygen atoms in total. The standard InChI is InChI=1S/C9H4BrFN4/c10-8-3-6(1-2-9(8)11)14-15-7(4-12)5-13/h1-3,14H. The summed E-state index contributed by atoms with van der Waals surface area (Å²) in [6.45, 7) is 0. The first-order valence-electron chi connectivity index (χ1n) is 3.76. The maximum atomic E-state index is 12.8. The van der Waals surface area contributed by atoms with E-state index < -0.39 is 5.82 Å². The lowest BCUT2D eigenvalue weighted by Crippen LogP contribution is -1.96. The van der Waals surface area contributed by atoms with Crippen LogP contribution >= 0.6 is 15.9 Å². The Morgan fingerprint density at radius 2 is 2.07 bits per heavy atom. The van der Waals surface area contributed by atoms with Crippen LogP contribution in [0.2, 0.25) is 0 Å². The van der Waals surface area contributed by atoms with Crippen molar-refractivity contribution < 1.29 is 4.39 Å². The second-order valence-electron chi connectivity index (χ2n) is 2.42. The Morgan fingerprint density at radius 1 is 1.40 bits per heavy atom. The summed E-state index contributed by atoms with van der Waals surface area (Å²) in [7, 11) is 0. The van der Waals surface area contributed by atoms with Crippen LogP contribution in [0, 0.1) is 28.5 Å². The maximum absolute atomic E-state index is 12.8. The van der Waals surface area contributed by atoms with Crippen LogP contribution in [0.4, 0.5) is 10.1 Å². The number of rotatable bonds is 2. The Labute approximate surface area is 93.8 Å². The Kier molecular flexibility index (Phi) is 3.78. The molecule has 74 valence electrons. The van der Waals surface area contributed by atoms with Crippen LogP contribution in [0.1, 0.15) is 0 Å². The topological polar surface area (TPSA) is 72.0 Å². The highest BCUT2D eigenvalue weighted by Crippen LogP contribution is 2.19. The molecule has 1 N–H and O–H groups in total. The number of nitrogens with zero attached hydrogens (tertiary/aromatic N) is 3. The SMILES string of the molecule is N#CC(C#N)=NNc1ccc(F)c(Br)c1. The fraction of sp³-hybridized carbons (Fsp3) is 0. The molecule has 0 aliphatic carbocycles. The Morgan fingerprint density at radius 3 is 2.60 bits per heavy atom. The van der Waals surface area contributed by atoms with Gasteiger partial charge < -0.3 is 0 Å². The van der Waals surface area contributed by atoms with E-state index >= 15 is 0 Å². The van der Waals surface area contributed by atoms with Gasteiger partial charge in [0.1, 0.15) is 18.0 Å². The van der Waals surface area contributed by atoms with Gasteiger partial charge >= 0.3 is 0 Å². The molecule has 0 unspecified atom stereocenters. The summed E-state index contributed by atoms with van der Waals surface area (Å²) in [6, 6.07) is 7.30. The minimum atomic E-state index is -0.398. The first-order valence-corrected chi connectivity index (χ1v) is 4.55. The second kappa shape index (κ2) is 5.08. The molecule has 0 aromatic heterocycles. The zero-order valence-corrected chi connectivity index (χ0v) is 8.92. The molecular formula is C9H4BrFN4. The van der Waals surface area contributed by atoms with E-state index in [0.29, 0.717) is 5.69 Å². The zero-order chi connectivity index (χ0) is 11.3. The van der Waals surface area contributed by atoms with Crippen molar-refractivity contribution in [3.8, 4) is 12.1 Å². The van der Waals surface area contributed by atoms with Crippen LogP contribution in [0.5, 0.6) is 0 Å². The number of benzene rings is 1. The zero-order valence-electron chi connectivity index (χ0n) is 7.33. The van der Waals surface area contributed by atoms with E-state index in [2.05, 4.69) is 26.5 Å². The molecule has 15 heavy (non-hydrogen) atoms. The quantitative estimate of drug-likeness (QED) is 0.660. The van der Waals surface area contributed by atoms with E-state index in [4.69, 9.17) is 10.5 Å². The van der Waals surface area contributed by atoms with Gasteiger partial charge in [0.15, 0.2) is 0 Å². The average molecular weight is 267 g/mol. The molecule has 0 saturated heterocycles. The predicted molar refractivity (Wildman–Crippen MR) is 56.4 cm³/mol. The van der Waals surface area contributed by atoms with E-state index in [1.807, 2.05) is 0 Å². The third-order valence-electron chi connectivity index (χ3n) is 1.43. The van der Waals surface area contributed by atoms with Gasteiger partial charge in [0.05, 0.1) is 10.2 Å². The molecule has 0 amide bonds. The van der Waals surface area contributed by atoms with Crippen molar-refractivity contribution in [1.29, 1.82) is 10.5 Å². The molecule has 0 radical (unpaired) electrons. The first kappa shape index (κ1) is 11.2. The van der Waals surface area contributed by atoms with Crippen LogP contribution in [0.15, 0.2) is 27.8 Å². The van der Waals surface area contributed by atoms with Crippen molar-refractivity contribution in [2.75, 3.05) is 5.43 Å². The Balaban J connectivity index is 2.84. The van der Waals surface area contributed by atoms with Gasteiger partial charge in [-0.1, -0.05) is 0 Å². The highest BCUT2D eigenvalue weighted by molar-refractivity contribution is 9.10. The van der Waals surface area contributed by atoms with Crippen LogP contribution < -0.4 is 5.43 Å². The van der Waals surface area contributed by atoms with Gasteiger partial charge in [-0.3, -0.25) is 5.43 Å². The normalized spacial score (nSPS) is 8.53. The third-order valence-corrected chi connectivity index (χ3v) is 2.04. The third kappa shape index (κ3) is 3.04. The fourth-order valence-electron chi connectivity index (χ4n) is 0.761. The van der Waals surface area contributed by atoms with E-state index in [0.717, 1.165) is 0 Å². The number of nitriles is 2. The molecule has 0 spiro atoms. The summed E-state index contributed by atoms with van der Waals surface area (Å²) in [5.74, 6) is -0.398. The maximum Gasteiger partial charge on any atom is 0.237 e. The van der Waals surface area contributed by atoms with Crippen molar-refractivity contribution in [2.45, 2.75) is 0 Å². The highest BCUT2D eigenvalue weighted by atomic mass is 79.9. The number of anilines is 1. The lowest BCUT2D eigenvalue weighted by Gasteiger charge is -2.00. The molecular weight excluding hydrogens is 263 g/mol. The number of hydrazone groups is 1. The Hall–Kier alpha value is -1.92. The molecule has 0 aliphatic heterocycles. The van der Waals surface area contributed by atoms with Gasteiger partial charge in [0, 0.05) is 0 Å². The minimum absolute atomic E-state index is 0.276. The van der Waals surface area contributed by atoms with Gasteiger partial charge in [-0.25, -0.2) is 4.39 Å². The lowest BCUT2D eigenvalue weighted by molar-refractivity contribution is 0.621. The summed E-state index contributed by atoms with van der Waals surface area (Å²) in [5, 5.41) is 20.3. The number of hydrogen-bond acceptors (Lipinski definition) is 4. The molecule has 1 aromatic carbocycles. The molecule has 0 aliphatic rings. The first-order chi connectivity index (χ1) is 7.17. The summed E-state index contributed by atoms with van der Waals surface area (Å²) >= 11 is 2.99. The molecule has 1 rings (SSSR count). The van der Waals surface area contributed by atoms with Gasteiger partial charge in [0.25, 0.3) is 0 Å². The summed E-state index contributed by atoms with van der Waals surface area (Å²) in [4.78, 5) is 0. The van der Waals surface area contributed by atoms with Crippen LogP contribution in [0.25, 0.3) is 0 Å². The highest BCUT2D eigenvalue weighted by Gasteiger charge is 1.99. The number of halogens is 2. The Bertz CT molecular complexity index is 468. The summed E-state index contributed by atoms with van der Waals surface area (Å²) < 4.78 is 13.1. The smallest absolute Gasteiger partial charge is 0.237 e. The molecule has 0 heterocycles. The molecule has 0 bridgehead atoms. The summed E-state index contributed by atoms with van der Waals surface area (Å²) in [5.41, 5.74) is 2.64. The lowest BCUT2D eigenvalue weighted by atomic mass is 10.3. The van der Waals surface area contributed by atoms with Crippen LogP contribution in [-0.2, 0) is 0 Å². The van der Waals surface area contributed by atoms with Gasteiger partial charge in [-0.2, -0.15) is 15.6 Å². The molecule has 6 heteroatoms. The van der Waals surface area contributed by atoms with Crippen LogP contribution in [-0.4, -0.2) is 5.71 Å². The molecule has 0 fully saturated rings. The molecule has 0 atom stereocenters. The number of nitrogens with one attached hydrogen (secondary N) is 1. The van der Waals surface area contributed by atoms with Crippen molar-refractivity contribution >= 4 is 27.3 Å². The van der Waals surface area contributed by atoms with Crippen molar-refractivity contribution in [3.05, 3.63) is 28.5 Å². The van der Waals surface area contributed by atoms with Gasteiger partial charge in [0.2, 0.25) is 5.71 Å². The molecule has 0 saturated carbocycles. The second-order valence-corrected chi connectivity index (χ2v) is 3.28. The fourth-order valence-corrected chi connectivity index (χ4v) is 1.14. The van der Waals surface area contributed by atoms with Crippen molar-refractivity contribution in [3.63, 3.8) is 0 Å². The average Bonchev–Trinajstić information content (AvgIpc) is 2.24. The monoisotopic (exact) mass is 266 g/mol. The van der Waals surface area contributed by atoms with Gasteiger partial charge in [-0.05, 0) is 34.1 Å². The van der Waals surface area contributed by atoms with E-state index in [9.17, 15) is 4.39 Å². The van der Waals surface area contributed by atoms with Crippen molar-refractivity contribution in [1.82, 2.24) is 0 Å².